The van der Waals surface area contributed by atoms with Crippen LogP contribution in [-0.4, -0.2) is 35.4 Å². The fourth-order valence-electron chi connectivity index (χ4n) is 3.14. The molecule has 4 nitrogen and oxygen atoms in total. The topological polar surface area (TPSA) is 49.8 Å². The fraction of sp³-hybridized carbons (Fsp3) is 0.632. The van der Waals surface area contributed by atoms with E-state index in [1.54, 1.807) is 38.7 Å². The van der Waals surface area contributed by atoms with E-state index in [2.05, 4.69) is 0 Å². The molecule has 1 aromatic rings. The number of esters is 1. The summed E-state index contributed by atoms with van der Waals surface area (Å²) in [5.74, 6) is -0.500. The van der Waals surface area contributed by atoms with Crippen LogP contribution in [0.15, 0.2) is 18.2 Å². The highest BCUT2D eigenvalue weighted by Crippen LogP contribution is 2.39. The molecule has 0 bridgehead atoms. The van der Waals surface area contributed by atoms with Crippen molar-refractivity contribution in [1.29, 1.82) is 0 Å². The molecule has 1 fully saturated rings. The van der Waals surface area contributed by atoms with Crippen LogP contribution < -0.4 is 4.90 Å². The number of rotatable bonds is 3. The highest BCUT2D eigenvalue weighted by atomic mass is 19.4. The largest absolute Gasteiger partial charge is 0.460 e. The summed E-state index contributed by atoms with van der Waals surface area (Å²) < 4.78 is 45.2. The van der Waals surface area contributed by atoms with Crippen LogP contribution in [0.4, 0.5) is 18.9 Å². The first-order valence-corrected chi connectivity index (χ1v) is 8.66. The van der Waals surface area contributed by atoms with E-state index in [-0.39, 0.29) is 38.0 Å². The van der Waals surface area contributed by atoms with E-state index in [0.29, 0.717) is 5.56 Å². The highest BCUT2D eigenvalue weighted by molar-refractivity contribution is 5.71. The molecule has 0 aliphatic carbocycles. The van der Waals surface area contributed by atoms with Gasteiger partial charge >= 0.3 is 12.1 Å². The molecule has 0 saturated carbocycles. The lowest BCUT2D eigenvalue weighted by molar-refractivity contribution is -0.161. The molecule has 0 amide bonds. The van der Waals surface area contributed by atoms with Gasteiger partial charge in [0.15, 0.2) is 0 Å². The van der Waals surface area contributed by atoms with Crippen LogP contribution in [0.25, 0.3) is 0 Å². The van der Waals surface area contributed by atoms with Crippen molar-refractivity contribution in [3.8, 4) is 0 Å². The number of nitrogens with zero attached hydrogens (tertiary/aromatic N) is 1. The summed E-state index contributed by atoms with van der Waals surface area (Å²) in [5, 5.41) is 10.6. The Morgan fingerprint density at radius 3 is 2.31 bits per heavy atom. The monoisotopic (exact) mass is 373 g/mol. The van der Waals surface area contributed by atoms with E-state index in [0.717, 1.165) is 6.07 Å². The highest BCUT2D eigenvalue weighted by Gasteiger charge is 2.39. The molecule has 1 N–H and O–H groups in total. The Morgan fingerprint density at radius 2 is 1.81 bits per heavy atom. The number of aliphatic hydroxyl groups is 1. The number of hydrogen-bond donors (Lipinski definition) is 1. The molecule has 1 aromatic carbocycles. The third-order valence-corrected chi connectivity index (χ3v) is 4.39. The number of alkyl halides is 3. The summed E-state index contributed by atoms with van der Waals surface area (Å²) in [6.45, 7) is 7.33. The van der Waals surface area contributed by atoms with Crippen molar-refractivity contribution in [2.75, 3.05) is 18.0 Å². The second-order valence-corrected chi connectivity index (χ2v) is 7.99. The minimum Gasteiger partial charge on any atom is -0.460 e. The maximum Gasteiger partial charge on any atom is 0.418 e. The standard InChI is InChI=1S/C19H26F3NO3/c1-13-5-6-15(14(11-13)19(20,21)22)23-9-7-18(25,8-10-23)12-16(24)26-17(2,3)4/h5-6,11,25H,7-10,12H2,1-4H3. The van der Waals surface area contributed by atoms with E-state index in [1.807, 2.05) is 0 Å². The van der Waals surface area contributed by atoms with Gasteiger partial charge in [0.1, 0.15) is 5.60 Å². The smallest absolute Gasteiger partial charge is 0.418 e. The molecule has 1 aliphatic rings. The summed E-state index contributed by atoms with van der Waals surface area (Å²) >= 11 is 0. The van der Waals surface area contributed by atoms with Crippen molar-refractivity contribution in [2.45, 2.75) is 64.3 Å². The zero-order chi connectivity index (χ0) is 19.8. The van der Waals surface area contributed by atoms with Gasteiger partial charge in [-0.1, -0.05) is 11.6 Å². The number of halogens is 3. The molecular weight excluding hydrogens is 347 g/mol. The Morgan fingerprint density at radius 1 is 1.23 bits per heavy atom. The number of anilines is 1. The lowest BCUT2D eigenvalue weighted by atomic mass is 9.87. The molecule has 0 radical (unpaired) electrons. The molecular formula is C19H26F3NO3. The summed E-state index contributed by atoms with van der Waals surface area (Å²) in [5.41, 5.74) is -1.91. The molecule has 1 heterocycles. The van der Waals surface area contributed by atoms with E-state index >= 15 is 0 Å². The molecule has 7 heteroatoms. The van der Waals surface area contributed by atoms with Crippen LogP contribution in [0, 0.1) is 6.92 Å². The van der Waals surface area contributed by atoms with Crippen LogP contribution in [0.3, 0.4) is 0 Å². The molecule has 0 unspecified atom stereocenters. The minimum atomic E-state index is -4.44. The quantitative estimate of drug-likeness (QED) is 0.812. The molecule has 0 aromatic heterocycles. The summed E-state index contributed by atoms with van der Waals surface area (Å²) in [7, 11) is 0. The number of aryl methyl sites for hydroxylation is 1. The summed E-state index contributed by atoms with van der Waals surface area (Å²) in [6, 6.07) is 4.25. The van der Waals surface area contributed by atoms with Crippen LogP contribution in [0.5, 0.6) is 0 Å². The van der Waals surface area contributed by atoms with Gasteiger partial charge in [0.2, 0.25) is 0 Å². The van der Waals surface area contributed by atoms with Gasteiger partial charge in [0.05, 0.1) is 17.6 Å². The maximum atomic E-state index is 13.3. The zero-order valence-corrected chi connectivity index (χ0v) is 15.6. The van der Waals surface area contributed by atoms with E-state index in [4.69, 9.17) is 4.74 Å². The average Bonchev–Trinajstić information content (AvgIpc) is 2.45. The molecule has 146 valence electrons. The van der Waals surface area contributed by atoms with Crippen molar-refractivity contribution in [3.05, 3.63) is 29.3 Å². The molecule has 1 saturated heterocycles. The first kappa shape index (κ1) is 20.6. The van der Waals surface area contributed by atoms with Gasteiger partial charge in [-0.3, -0.25) is 4.79 Å². The fourth-order valence-corrected chi connectivity index (χ4v) is 3.14. The molecule has 26 heavy (non-hydrogen) atoms. The van der Waals surface area contributed by atoms with E-state index in [1.165, 1.54) is 6.07 Å². The number of piperidine rings is 1. The van der Waals surface area contributed by atoms with Gasteiger partial charge in [-0.2, -0.15) is 13.2 Å². The Bertz CT molecular complexity index is 657. The third kappa shape index (κ3) is 5.37. The van der Waals surface area contributed by atoms with E-state index < -0.39 is 28.9 Å². The SMILES string of the molecule is Cc1ccc(N2CCC(O)(CC(=O)OC(C)(C)C)CC2)c(C(F)(F)F)c1. The van der Waals surface area contributed by atoms with Gasteiger partial charge < -0.3 is 14.7 Å². The number of hydrogen-bond acceptors (Lipinski definition) is 4. The predicted octanol–water partition coefficient (Wildman–Crippen LogP) is 4.08. The normalized spacial score (nSPS) is 17.9. The zero-order valence-electron chi connectivity index (χ0n) is 15.6. The number of carbonyl (C=O) groups excluding carboxylic acids is 1. The summed E-state index contributed by atoms with van der Waals surface area (Å²) in [6.07, 6.45) is -4.18. The van der Waals surface area contributed by atoms with Crippen molar-refractivity contribution in [3.63, 3.8) is 0 Å². The summed E-state index contributed by atoms with van der Waals surface area (Å²) in [4.78, 5) is 13.6. The second kappa shape index (κ2) is 7.10. The number of carbonyl (C=O) groups is 1. The first-order chi connectivity index (χ1) is 11.8. The minimum absolute atomic E-state index is 0.113. The Balaban J connectivity index is 2.08. The van der Waals surface area contributed by atoms with Gasteiger partial charge in [0.25, 0.3) is 0 Å². The lowest BCUT2D eigenvalue weighted by Crippen LogP contribution is -2.46. The van der Waals surface area contributed by atoms with Crippen molar-refractivity contribution in [2.24, 2.45) is 0 Å². The van der Waals surface area contributed by atoms with Crippen LogP contribution in [0.1, 0.15) is 51.2 Å². The second-order valence-electron chi connectivity index (χ2n) is 7.99. The van der Waals surface area contributed by atoms with Gasteiger partial charge in [-0.15, -0.1) is 0 Å². The van der Waals surface area contributed by atoms with Crippen molar-refractivity contribution < 1.29 is 27.8 Å². The Kier molecular flexibility index (Phi) is 5.61. The van der Waals surface area contributed by atoms with Crippen LogP contribution in [0.2, 0.25) is 0 Å². The van der Waals surface area contributed by atoms with Gasteiger partial charge in [0, 0.05) is 18.8 Å². The van der Waals surface area contributed by atoms with Crippen molar-refractivity contribution in [1.82, 2.24) is 0 Å². The van der Waals surface area contributed by atoms with Gasteiger partial charge in [-0.05, 0) is 52.7 Å². The number of ether oxygens (including phenoxy) is 1. The van der Waals surface area contributed by atoms with Crippen LogP contribution in [-0.2, 0) is 15.7 Å². The Labute approximate surface area is 151 Å². The third-order valence-electron chi connectivity index (χ3n) is 4.39. The average molecular weight is 373 g/mol. The van der Waals surface area contributed by atoms with E-state index in [9.17, 15) is 23.1 Å². The molecule has 2 rings (SSSR count). The molecule has 0 atom stereocenters. The number of benzene rings is 1. The van der Waals surface area contributed by atoms with Crippen LogP contribution >= 0.6 is 0 Å². The lowest BCUT2D eigenvalue weighted by Gasteiger charge is -2.40. The van der Waals surface area contributed by atoms with Gasteiger partial charge in [-0.25, -0.2) is 0 Å². The van der Waals surface area contributed by atoms with Crippen molar-refractivity contribution >= 4 is 11.7 Å². The predicted molar refractivity (Wildman–Crippen MR) is 93.0 cm³/mol. The maximum absolute atomic E-state index is 13.3. The first-order valence-electron chi connectivity index (χ1n) is 8.66. The Hall–Kier alpha value is -1.76. The molecule has 0 spiro atoms. The molecule has 1 aliphatic heterocycles.